The van der Waals surface area contributed by atoms with E-state index in [4.69, 9.17) is 0 Å². The summed E-state index contributed by atoms with van der Waals surface area (Å²) in [5.74, 6) is 0.717. The van der Waals surface area contributed by atoms with Crippen LogP contribution in [0.1, 0.15) is 28.8 Å². The Balaban J connectivity index is 1.32. The van der Waals surface area contributed by atoms with E-state index in [1.807, 2.05) is 54.6 Å². The molecule has 0 radical (unpaired) electrons. The SMILES string of the molecule is O=C(Nc1ccccc1)c1ccc(CSc2nnc(N3CCCC3)s2)cc1. The van der Waals surface area contributed by atoms with Gasteiger partial charge in [-0.1, -0.05) is 53.4 Å². The summed E-state index contributed by atoms with van der Waals surface area (Å²) in [6.07, 6.45) is 2.48. The summed E-state index contributed by atoms with van der Waals surface area (Å²) in [6, 6.07) is 17.2. The van der Waals surface area contributed by atoms with Crippen molar-refractivity contribution >= 4 is 39.8 Å². The van der Waals surface area contributed by atoms with E-state index in [1.54, 1.807) is 23.1 Å². The fourth-order valence-corrected chi connectivity index (χ4v) is 4.77. The van der Waals surface area contributed by atoms with E-state index in [0.717, 1.165) is 39.6 Å². The summed E-state index contributed by atoms with van der Waals surface area (Å²) in [5.41, 5.74) is 2.61. The first-order chi connectivity index (χ1) is 13.3. The molecule has 0 bridgehead atoms. The topological polar surface area (TPSA) is 58.1 Å². The van der Waals surface area contributed by atoms with Gasteiger partial charge in [-0.05, 0) is 42.7 Å². The van der Waals surface area contributed by atoms with Crippen molar-refractivity contribution in [2.45, 2.75) is 22.9 Å². The second kappa shape index (κ2) is 8.54. The Morgan fingerprint density at radius 2 is 1.78 bits per heavy atom. The maximum atomic E-state index is 12.3. The minimum atomic E-state index is -0.0974. The molecule has 1 aromatic heterocycles. The van der Waals surface area contributed by atoms with Crippen LogP contribution in [0.5, 0.6) is 0 Å². The molecule has 0 unspecified atom stereocenters. The number of nitrogens with one attached hydrogen (secondary N) is 1. The van der Waals surface area contributed by atoms with Crippen LogP contribution >= 0.6 is 23.1 Å². The minimum Gasteiger partial charge on any atom is -0.347 e. The van der Waals surface area contributed by atoms with Crippen molar-refractivity contribution in [1.29, 1.82) is 0 Å². The molecule has 7 heteroatoms. The zero-order valence-electron chi connectivity index (χ0n) is 14.8. The lowest BCUT2D eigenvalue weighted by Crippen LogP contribution is -2.17. The first-order valence-electron chi connectivity index (χ1n) is 8.94. The van der Waals surface area contributed by atoms with Gasteiger partial charge in [0.05, 0.1) is 0 Å². The summed E-state index contributed by atoms with van der Waals surface area (Å²) in [7, 11) is 0. The lowest BCUT2D eigenvalue weighted by atomic mass is 10.1. The van der Waals surface area contributed by atoms with Crippen LogP contribution in [0.3, 0.4) is 0 Å². The van der Waals surface area contributed by atoms with Gasteiger partial charge in [0.1, 0.15) is 0 Å². The Morgan fingerprint density at radius 3 is 2.52 bits per heavy atom. The van der Waals surface area contributed by atoms with E-state index in [2.05, 4.69) is 20.4 Å². The van der Waals surface area contributed by atoms with Gasteiger partial charge in [-0.25, -0.2) is 0 Å². The fourth-order valence-electron chi connectivity index (χ4n) is 2.92. The van der Waals surface area contributed by atoms with Gasteiger partial charge in [-0.2, -0.15) is 0 Å². The quantitative estimate of drug-likeness (QED) is 0.613. The van der Waals surface area contributed by atoms with E-state index in [0.29, 0.717) is 5.56 Å². The number of aromatic nitrogens is 2. The van der Waals surface area contributed by atoms with Crippen molar-refractivity contribution < 1.29 is 4.79 Å². The van der Waals surface area contributed by atoms with E-state index < -0.39 is 0 Å². The predicted molar refractivity (Wildman–Crippen MR) is 112 cm³/mol. The Bertz CT molecular complexity index is 890. The molecule has 2 heterocycles. The highest BCUT2D eigenvalue weighted by Crippen LogP contribution is 2.31. The smallest absolute Gasteiger partial charge is 0.255 e. The van der Waals surface area contributed by atoms with Crippen LogP contribution in [-0.2, 0) is 5.75 Å². The van der Waals surface area contributed by atoms with Crippen molar-refractivity contribution in [1.82, 2.24) is 10.2 Å². The fraction of sp³-hybridized carbons (Fsp3) is 0.250. The highest BCUT2D eigenvalue weighted by molar-refractivity contribution is 8.00. The predicted octanol–water partition coefficient (Wildman–Crippen LogP) is 4.68. The number of anilines is 2. The monoisotopic (exact) mass is 396 g/mol. The number of carbonyl (C=O) groups is 1. The third-order valence-electron chi connectivity index (χ3n) is 4.38. The van der Waals surface area contributed by atoms with Crippen molar-refractivity contribution in [3.8, 4) is 0 Å². The maximum absolute atomic E-state index is 12.3. The lowest BCUT2D eigenvalue weighted by Gasteiger charge is -2.10. The summed E-state index contributed by atoms with van der Waals surface area (Å²) < 4.78 is 0.989. The molecule has 0 saturated carbocycles. The number of hydrogen-bond donors (Lipinski definition) is 1. The zero-order valence-corrected chi connectivity index (χ0v) is 16.4. The molecule has 1 aliphatic heterocycles. The number of nitrogens with zero attached hydrogens (tertiary/aromatic N) is 3. The number of amides is 1. The summed E-state index contributed by atoms with van der Waals surface area (Å²) in [4.78, 5) is 14.6. The molecule has 1 fully saturated rings. The highest BCUT2D eigenvalue weighted by Gasteiger charge is 2.16. The number of thioether (sulfide) groups is 1. The van der Waals surface area contributed by atoms with Crippen LogP contribution in [0.25, 0.3) is 0 Å². The Kier molecular flexibility index (Phi) is 5.69. The van der Waals surface area contributed by atoms with Crippen molar-refractivity contribution in [2.75, 3.05) is 23.3 Å². The minimum absolute atomic E-state index is 0.0974. The third kappa shape index (κ3) is 4.67. The standard InChI is InChI=1S/C20H20N4OS2/c25-18(21-17-6-2-1-3-7-17)16-10-8-15(9-11-16)14-26-20-23-22-19(27-20)24-12-4-5-13-24/h1-3,6-11H,4-5,12-14H2,(H,21,25). The van der Waals surface area contributed by atoms with Crippen molar-refractivity contribution in [3.05, 3.63) is 65.7 Å². The molecule has 0 aliphatic carbocycles. The number of para-hydroxylation sites is 1. The molecule has 138 valence electrons. The van der Waals surface area contributed by atoms with E-state index in [9.17, 15) is 4.79 Å². The first-order valence-corrected chi connectivity index (χ1v) is 10.7. The molecule has 4 rings (SSSR count). The van der Waals surface area contributed by atoms with Gasteiger partial charge >= 0.3 is 0 Å². The van der Waals surface area contributed by atoms with Crippen LogP contribution in [0.2, 0.25) is 0 Å². The van der Waals surface area contributed by atoms with Crippen LogP contribution in [0.15, 0.2) is 58.9 Å². The van der Waals surface area contributed by atoms with E-state index in [-0.39, 0.29) is 5.91 Å². The average molecular weight is 397 g/mol. The largest absolute Gasteiger partial charge is 0.347 e. The summed E-state index contributed by atoms with van der Waals surface area (Å²) in [5, 5.41) is 12.5. The number of carbonyl (C=O) groups excluding carboxylic acids is 1. The van der Waals surface area contributed by atoms with Gasteiger partial charge in [0, 0.05) is 30.1 Å². The van der Waals surface area contributed by atoms with Gasteiger partial charge in [-0.15, -0.1) is 10.2 Å². The zero-order chi connectivity index (χ0) is 18.5. The van der Waals surface area contributed by atoms with Gasteiger partial charge in [0.25, 0.3) is 5.91 Å². The highest BCUT2D eigenvalue weighted by atomic mass is 32.2. The normalized spacial score (nSPS) is 13.7. The van der Waals surface area contributed by atoms with Gasteiger partial charge in [0.2, 0.25) is 5.13 Å². The molecule has 27 heavy (non-hydrogen) atoms. The molecule has 1 N–H and O–H groups in total. The average Bonchev–Trinajstić information content (AvgIpc) is 3.39. The number of benzene rings is 2. The summed E-state index contributed by atoms with van der Waals surface area (Å²) >= 11 is 3.35. The van der Waals surface area contributed by atoms with Gasteiger partial charge in [0.15, 0.2) is 4.34 Å². The number of rotatable bonds is 6. The Hall–Kier alpha value is -2.38. The number of hydrogen-bond acceptors (Lipinski definition) is 6. The Morgan fingerprint density at radius 1 is 1.04 bits per heavy atom. The van der Waals surface area contributed by atoms with Crippen LogP contribution in [0, 0.1) is 0 Å². The molecule has 1 saturated heterocycles. The third-order valence-corrected chi connectivity index (χ3v) is 6.57. The summed E-state index contributed by atoms with van der Waals surface area (Å²) in [6.45, 7) is 2.18. The van der Waals surface area contributed by atoms with Crippen molar-refractivity contribution in [2.24, 2.45) is 0 Å². The van der Waals surface area contributed by atoms with E-state index in [1.165, 1.54) is 12.8 Å². The molecule has 3 aromatic rings. The second-order valence-electron chi connectivity index (χ2n) is 6.35. The first kappa shape index (κ1) is 18.0. The van der Waals surface area contributed by atoms with Crippen LogP contribution in [0.4, 0.5) is 10.8 Å². The molecule has 2 aromatic carbocycles. The second-order valence-corrected chi connectivity index (χ2v) is 8.53. The van der Waals surface area contributed by atoms with Crippen LogP contribution < -0.4 is 10.2 Å². The molecule has 0 atom stereocenters. The van der Waals surface area contributed by atoms with Gasteiger partial charge < -0.3 is 10.2 Å². The molecule has 5 nitrogen and oxygen atoms in total. The van der Waals surface area contributed by atoms with E-state index >= 15 is 0 Å². The lowest BCUT2D eigenvalue weighted by molar-refractivity contribution is 0.102. The maximum Gasteiger partial charge on any atom is 0.255 e. The molecular weight excluding hydrogens is 376 g/mol. The molecule has 0 spiro atoms. The molecule has 1 amide bonds. The molecule has 1 aliphatic rings. The van der Waals surface area contributed by atoms with Crippen molar-refractivity contribution in [3.63, 3.8) is 0 Å². The van der Waals surface area contributed by atoms with Crippen LogP contribution in [-0.4, -0.2) is 29.2 Å². The van der Waals surface area contributed by atoms with Gasteiger partial charge in [-0.3, -0.25) is 4.79 Å². The molecular formula is C20H20N4OS2. The Labute approximate surface area is 166 Å².